The molecule has 3 aromatic heterocycles. The number of carboxylic acids is 1. The summed E-state index contributed by atoms with van der Waals surface area (Å²) in [5.74, 6) is 7.18. The third kappa shape index (κ3) is 13.5. The number of pyridine rings is 2. The zero-order valence-corrected chi connectivity index (χ0v) is 47.5. The summed E-state index contributed by atoms with van der Waals surface area (Å²) < 4.78 is 13.3. The van der Waals surface area contributed by atoms with Gasteiger partial charge in [-0.2, -0.15) is 0 Å². The largest absolute Gasteiger partial charge is 0.481 e. The molecule has 6 aromatic carbocycles. The molecule has 80 heavy (non-hydrogen) atoms. The van der Waals surface area contributed by atoms with Crippen LogP contribution < -0.4 is 20.5 Å². The van der Waals surface area contributed by atoms with Crippen LogP contribution in [0.3, 0.4) is 0 Å². The van der Waals surface area contributed by atoms with Gasteiger partial charge in [-0.25, -0.2) is 19.7 Å². The third-order valence-corrected chi connectivity index (χ3v) is 13.9. The topological polar surface area (TPSA) is 172 Å². The number of ketones is 2. The smallest absolute Gasteiger partial charge is 0.354 e. The Hall–Kier alpha value is -9.26. The van der Waals surface area contributed by atoms with E-state index in [1.165, 1.54) is 11.1 Å². The van der Waals surface area contributed by atoms with Gasteiger partial charge in [0.05, 0.1) is 33.8 Å². The zero-order chi connectivity index (χ0) is 57.8. The number of hydrogen-bond acceptors (Lipinski definition) is 10. The molecule has 0 atom stereocenters. The molecule has 0 spiro atoms. The van der Waals surface area contributed by atoms with Crippen LogP contribution in [0.1, 0.15) is 133 Å². The fourth-order valence-electron chi connectivity index (χ4n) is 9.44. The van der Waals surface area contributed by atoms with Crippen LogP contribution in [0, 0.1) is 38.5 Å². The average Bonchev–Trinajstić information content (AvgIpc) is 3.78. The molecule has 0 unspecified atom stereocenters. The zero-order valence-electron chi connectivity index (χ0n) is 47.5. The third-order valence-electron chi connectivity index (χ3n) is 13.9. The molecule has 3 heterocycles. The lowest BCUT2D eigenvalue weighted by molar-refractivity contribution is 0.0690. The second kappa shape index (κ2) is 26.4. The summed E-state index contributed by atoms with van der Waals surface area (Å²) in [6, 6.07) is 39.3. The number of nitrogen functional groups attached to an aromatic ring is 1. The molecule has 0 fully saturated rings. The fourth-order valence-corrected chi connectivity index (χ4v) is 9.44. The quantitative estimate of drug-likeness (QED) is 0.0450. The van der Waals surface area contributed by atoms with Gasteiger partial charge in [-0.1, -0.05) is 114 Å². The summed E-state index contributed by atoms with van der Waals surface area (Å²) in [5, 5.41) is 16.0. The van der Waals surface area contributed by atoms with Crippen LogP contribution in [-0.4, -0.2) is 62.4 Å². The summed E-state index contributed by atoms with van der Waals surface area (Å²) >= 11 is 0. The lowest BCUT2D eigenvalue weighted by Gasteiger charge is -2.13. The molecule has 0 saturated carbocycles. The molecule has 0 aliphatic rings. The Morgan fingerprint density at radius 2 is 1.14 bits per heavy atom. The van der Waals surface area contributed by atoms with Crippen LogP contribution in [0.25, 0.3) is 66.6 Å². The number of benzene rings is 6. The highest BCUT2D eigenvalue weighted by Gasteiger charge is 2.20. The maximum atomic E-state index is 12.7. The highest BCUT2D eigenvalue weighted by atomic mass is 16.5. The van der Waals surface area contributed by atoms with Crippen molar-refractivity contribution in [2.75, 3.05) is 31.3 Å². The summed E-state index contributed by atoms with van der Waals surface area (Å²) in [5.41, 5.74) is 19.1. The molecule has 9 aromatic rings. The predicted octanol–water partition coefficient (Wildman–Crippen LogP) is 15.2. The number of nitrogens with two attached hydrogens (primary N) is 1. The van der Waals surface area contributed by atoms with Crippen molar-refractivity contribution in [1.29, 1.82) is 0 Å². The number of ether oxygens (including phenoxy) is 2. The fraction of sp³-hybridized carbons (Fsp3) is 0.265. The Bertz CT molecular complexity index is 3820. The molecule has 4 N–H and O–H groups in total. The number of nitrogens with zero attached hydrogens (tertiary/aromatic N) is 4. The Morgan fingerprint density at radius 3 is 1.61 bits per heavy atom. The highest BCUT2D eigenvalue weighted by Crippen LogP contribution is 2.36. The summed E-state index contributed by atoms with van der Waals surface area (Å²) in [4.78, 5) is 50.4. The van der Waals surface area contributed by atoms with Gasteiger partial charge < -0.3 is 30.2 Å². The number of hydrogen-bond donors (Lipinski definition) is 3. The number of carboxylic acid groups (broad SMARTS) is 1. The summed E-state index contributed by atoms with van der Waals surface area (Å²) in [6.07, 6.45) is 13.5. The van der Waals surface area contributed by atoms with Gasteiger partial charge in [0.2, 0.25) is 0 Å². The SMILES string of the molecule is C#CCOc1ccc2cc(-c3nc4cc(C(=O)CCC)c(C)cc4n3C)nc(-c3ccc(C(C)C)cc3)c2c1.C#CCOc1ccc2cc(C(=O)O)nc(-c3ccc(C(C)C)cc3)c2c1.CCCC(=O)c1cc(N)c(NC)cc1C. The number of terminal acetylenes is 2. The van der Waals surface area contributed by atoms with Crippen molar-refractivity contribution in [3.05, 3.63) is 160 Å². The number of aryl methyl sites for hydroxylation is 3. The first-order valence-electron chi connectivity index (χ1n) is 27.0. The van der Waals surface area contributed by atoms with Crippen molar-refractivity contribution >= 4 is 61.5 Å². The van der Waals surface area contributed by atoms with E-state index in [2.05, 4.69) is 90.8 Å². The van der Waals surface area contributed by atoms with Gasteiger partial charge in [0.1, 0.15) is 36.1 Å². The maximum absolute atomic E-state index is 12.7. The van der Waals surface area contributed by atoms with Crippen molar-refractivity contribution in [2.45, 2.75) is 92.9 Å². The predicted molar refractivity (Wildman–Crippen MR) is 326 cm³/mol. The van der Waals surface area contributed by atoms with Crippen LogP contribution in [-0.2, 0) is 7.05 Å². The molecule has 12 nitrogen and oxygen atoms in total. The number of imidazole rings is 1. The van der Waals surface area contributed by atoms with Crippen molar-refractivity contribution in [2.24, 2.45) is 7.05 Å². The van der Waals surface area contributed by atoms with Crippen LogP contribution in [0.2, 0.25) is 0 Å². The minimum atomic E-state index is -1.06. The van der Waals surface area contributed by atoms with E-state index in [0.29, 0.717) is 47.6 Å². The van der Waals surface area contributed by atoms with Crippen molar-refractivity contribution < 1.29 is 29.0 Å². The molecule has 0 amide bonds. The number of Topliss-reactive ketones (excluding diaryl/α,β-unsaturated/α-hetero) is 2. The van der Waals surface area contributed by atoms with E-state index in [0.717, 1.165) is 102 Å². The van der Waals surface area contributed by atoms with Crippen molar-refractivity contribution in [3.8, 4) is 70.2 Å². The number of carbonyl (C=O) groups excluding carboxylic acids is 2. The summed E-state index contributed by atoms with van der Waals surface area (Å²) in [6.45, 7) is 17.0. The molecular formula is C68H70N6O6. The van der Waals surface area contributed by atoms with Crippen molar-refractivity contribution in [1.82, 2.24) is 19.5 Å². The van der Waals surface area contributed by atoms with E-state index in [1.54, 1.807) is 18.2 Å². The Morgan fingerprint density at radius 1 is 0.650 bits per heavy atom. The minimum Gasteiger partial charge on any atom is -0.481 e. The van der Waals surface area contributed by atoms with Gasteiger partial charge in [0, 0.05) is 60.0 Å². The van der Waals surface area contributed by atoms with Crippen LogP contribution in [0.4, 0.5) is 11.4 Å². The molecule has 0 bridgehead atoms. The van der Waals surface area contributed by atoms with Crippen LogP contribution in [0.5, 0.6) is 11.5 Å². The molecule has 9 rings (SSSR count). The van der Waals surface area contributed by atoms with Gasteiger partial charge in [-0.05, 0) is 132 Å². The maximum Gasteiger partial charge on any atom is 0.354 e. The molecule has 0 aliphatic carbocycles. The van der Waals surface area contributed by atoms with Gasteiger partial charge in [0.15, 0.2) is 17.4 Å². The van der Waals surface area contributed by atoms with Crippen LogP contribution >= 0.6 is 0 Å². The van der Waals surface area contributed by atoms with E-state index in [1.807, 2.05) is 109 Å². The van der Waals surface area contributed by atoms with E-state index >= 15 is 0 Å². The standard InChI is InChI=1S/C34H33N3O2.C22H19NO3.C12H18N2O/c1-7-9-32(38)27-20-29-31(17-22(27)5)37(6)34(36-29)30-18-25-14-15-26(39-16-8-2)19-28(25)33(35-30)24-12-10-23(11-13-24)21(3)4;1-4-11-26-18-10-9-17-12-20(22(24)25)23-21(19(17)13-18)16-7-5-15(6-8-16)14(2)3;1-4-5-12(15)9-7-10(13)11(14-3)6-8(9)2/h2,10-15,17-21H,7,9,16H2,1,3-6H3;1,5-10,12-14H,11H2,2-3H3,(H,24,25);6-7,14H,4-5,13H2,1-3H3. The molecular weight excluding hydrogens is 997 g/mol. The van der Waals surface area contributed by atoms with Gasteiger partial charge in [0.25, 0.3) is 0 Å². The average molecular weight is 1070 g/mol. The first-order chi connectivity index (χ1) is 38.4. The number of aromatic nitrogens is 4. The monoisotopic (exact) mass is 1070 g/mol. The number of anilines is 2. The van der Waals surface area contributed by atoms with Gasteiger partial charge in [-0.3, -0.25) is 9.59 Å². The lowest BCUT2D eigenvalue weighted by atomic mass is 9.98. The number of carbonyl (C=O) groups is 3. The molecule has 0 saturated heterocycles. The Balaban J connectivity index is 0.000000193. The second-order valence-corrected chi connectivity index (χ2v) is 20.3. The molecule has 12 heteroatoms. The van der Waals surface area contributed by atoms with E-state index < -0.39 is 5.97 Å². The summed E-state index contributed by atoms with van der Waals surface area (Å²) in [7, 11) is 3.82. The van der Waals surface area contributed by atoms with Gasteiger partial charge >= 0.3 is 5.97 Å². The first kappa shape index (κ1) is 58.4. The van der Waals surface area contributed by atoms with Crippen LogP contribution in [0.15, 0.2) is 121 Å². The highest BCUT2D eigenvalue weighted by molar-refractivity contribution is 6.03. The second-order valence-electron chi connectivity index (χ2n) is 20.3. The normalized spacial score (nSPS) is 10.9. The molecule has 0 aliphatic heterocycles. The van der Waals surface area contributed by atoms with Gasteiger partial charge in [-0.15, -0.1) is 12.8 Å². The van der Waals surface area contributed by atoms with E-state index in [4.69, 9.17) is 38.0 Å². The molecule has 408 valence electrons. The van der Waals surface area contributed by atoms with Crippen molar-refractivity contribution in [3.63, 3.8) is 0 Å². The Labute approximate surface area is 469 Å². The molecule has 0 radical (unpaired) electrons. The first-order valence-corrected chi connectivity index (χ1v) is 27.0. The lowest BCUT2D eigenvalue weighted by Crippen LogP contribution is -2.05. The number of fused-ring (bicyclic) bond motifs is 3. The number of aromatic carboxylic acids is 1. The Kier molecular flexibility index (Phi) is 19.3. The number of rotatable bonds is 17. The minimum absolute atomic E-state index is 0.0118. The van der Waals surface area contributed by atoms with E-state index in [9.17, 15) is 19.5 Å². The number of nitrogens with one attached hydrogen (secondary N) is 1. The van der Waals surface area contributed by atoms with E-state index in [-0.39, 0.29) is 30.5 Å².